The van der Waals surface area contributed by atoms with Crippen LogP contribution >= 0.6 is 11.3 Å². The van der Waals surface area contributed by atoms with E-state index in [9.17, 15) is 14.4 Å². The third-order valence-electron chi connectivity index (χ3n) is 2.59. The molecule has 1 amide bonds. The van der Waals surface area contributed by atoms with E-state index < -0.39 is 17.8 Å². The Morgan fingerprint density at radius 2 is 1.95 bits per heavy atom. The van der Waals surface area contributed by atoms with Crippen molar-refractivity contribution in [3.05, 3.63) is 16.0 Å². The third-order valence-corrected chi connectivity index (χ3v) is 3.65. The van der Waals surface area contributed by atoms with Crippen LogP contribution in [0.2, 0.25) is 0 Å². The van der Waals surface area contributed by atoms with Crippen LogP contribution in [-0.2, 0) is 25.6 Å². The van der Waals surface area contributed by atoms with Crippen molar-refractivity contribution < 1.29 is 28.6 Å². The molecule has 0 aliphatic heterocycles. The first-order valence-corrected chi connectivity index (χ1v) is 7.22. The van der Waals surface area contributed by atoms with E-state index in [1.807, 2.05) is 0 Å². The molecule has 0 aromatic carbocycles. The number of carbonyl (C=O) groups excluding carboxylic acids is 3. The standard InChI is InChI=1S/C13H18N2O6S/c1-4-20-13(18)9-7(5-21-8(16)6-19-3)10(12(17)15-2)22-11(9)14/h4-6,14H2,1-3H3,(H,15,17). The lowest BCUT2D eigenvalue weighted by Gasteiger charge is -2.08. The van der Waals surface area contributed by atoms with Crippen molar-refractivity contribution in [3.63, 3.8) is 0 Å². The number of methoxy groups -OCH3 is 1. The fourth-order valence-corrected chi connectivity index (χ4v) is 2.67. The van der Waals surface area contributed by atoms with Crippen molar-refractivity contribution in [2.45, 2.75) is 13.5 Å². The number of hydrogen-bond acceptors (Lipinski definition) is 8. The van der Waals surface area contributed by atoms with Gasteiger partial charge in [0.2, 0.25) is 0 Å². The van der Waals surface area contributed by atoms with Gasteiger partial charge in [0.15, 0.2) is 0 Å². The third kappa shape index (κ3) is 4.18. The van der Waals surface area contributed by atoms with E-state index in [-0.39, 0.29) is 40.8 Å². The number of hydrogen-bond donors (Lipinski definition) is 2. The summed E-state index contributed by atoms with van der Waals surface area (Å²) in [5, 5.41) is 2.58. The van der Waals surface area contributed by atoms with Crippen molar-refractivity contribution in [3.8, 4) is 0 Å². The van der Waals surface area contributed by atoms with Gasteiger partial charge in [-0.3, -0.25) is 4.79 Å². The largest absolute Gasteiger partial charge is 0.462 e. The highest BCUT2D eigenvalue weighted by Crippen LogP contribution is 2.32. The van der Waals surface area contributed by atoms with Gasteiger partial charge in [-0.05, 0) is 6.92 Å². The lowest BCUT2D eigenvalue weighted by atomic mass is 10.1. The van der Waals surface area contributed by atoms with Crippen LogP contribution in [0, 0.1) is 0 Å². The summed E-state index contributed by atoms with van der Waals surface area (Å²) in [6, 6.07) is 0. The summed E-state index contributed by atoms with van der Waals surface area (Å²) < 4.78 is 14.6. The van der Waals surface area contributed by atoms with Gasteiger partial charge in [-0.1, -0.05) is 0 Å². The topological polar surface area (TPSA) is 117 Å². The van der Waals surface area contributed by atoms with Crippen LogP contribution in [0.25, 0.3) is 0 Å². The molecule has 122 valence electrons. The van der Waals surface area contributed by atoms with Crippen LogP contribution < -0.4 is 11.1 Å². The van der Waals surface area contributed by atoms with Gasteiger partial charge in [0, 0.05) is 19.7 Å². The Labute approximate surface area is 131 Å². The number of amides is 1. The van der Waals surface area contributed by atoms with Crippen molar-refractivity contribution in [2.75, 3.05) is 33.1 Å². The van der Waals surface area contributed by atoms with Crippen LogP contribution in [0.5, 0.6) is 0 Å². The second-order valence-electron chi connectivity index (χ2n) is 4.04. The highest BCUT2D eigenvalue weighted by Gasteiger charge is 2.27. The smallest absolute Gasteiger partial charge is 0.341 e. The fraction of sp³-hybridized carbons (Fsp3) is 0.462. The Hall–Kier alpha value is -2.13. The molecule has 1 heterocycles. The van der Waals surface area contributed by atoms with Crippen LogP contribution in [0.15, 0.2) is 0 Å². The Bertz CT molecular complexity index is 569. The summed E-state index contributed by atoms with van der Waals surface area (Å²) in [6.07, 6.45) is 0. The lowest BCUT2D eigenvalue weighted by Crippen LogP contribution is -2.20. The number of thiophene rings is 1. The van der Waals surface area contributed by atoms with Gasteiger partial charge < -0.3 is 25.3 Å². The molecule has 0 radical (unpaired) electrons. The second kappa shape index (κ2) is 8.35. The van der Waals surface area contributed by atoms with Gasteiger partial charge in [0.05, 0.1) is 6.61 Å². The van der Waals surface area contributed by atoms with Crippen LogP contribution in [-0.4, -0.2) is 45.2 Å². The van der Waals surface area contributed by atoms with Gasteiger partial charge in [-0.2, -0.15) is 0 Å². The summed E-state index contributed by atoms with van der Waals surface area (Å²) >= 11 is 0.935. The van der Waals surface area contributed by atoms with Crippen molar-refractivity contribution in [1.29, 1.82) is 0 Å². The van der Waals surface area contributed by atoms with E-state index >= 15 is 0 Å². The molecule has 0 saturated carbocycles. The lowest BCUT2D eigenvalue weighted by molar-refractivity contribution is -0.149. The molecule has 0 fully saturated rings. The minimum absolute atomic E-state index is 0.0515. The van der Waals surface area contributed by atoms with Crippen molar-refractivity contribution in [2.24, 2.45) is 0 Å². The number of nitrogens with one attached hydrogen (secondary N) is 1. The maximum atomic E-state index is 12.0. The van der Waals surface area contributed by atoms with Crippen molar-refractivity contribution >= 4 is 34.2 Å². The summed E-state index contributed by atoms with van der Waals surface area (Å²) in [5.74, 6) is -1.71. The van der Waals surface area contributed by atoms with Gasteiger partial charge in [-0.15, -0.1) is 11.3 Å². The van der Waals surface area contributed by atoms with E-state index in [0.29, 0.717) is 0 Å². The summed E-state index contributed by atoms with van der Waals surface area (Å²) in [4.78, 5) is 35.5. The summed E-state index contributed by atoms with van der Waals surface area (Å²) in [7, 11) is 2.80. The molecule has 1 aromatic rings. The zero-order chi connectivity index (χ0) is 16.7. The SMILES string of the molecule is CCOC(=O)c1c(N)sc(C(=O)NC)c1COC(=O)COC. The molecule has 9 heteroatoms. The molecule has 1 rings (SSSR count). The molecule has 1 aromatic heterocycles. The predicted octanol–water partition coefficient (Wildman–Crippen LogP) is 0.556. The number of carbonyl (C=O) groups is 3. The second-order valence-corrected chi connectivity index (χ2v) is 5.09. The molecule has 0 unspecified atom stereocenters. The number of ether oxygens (including phenoxy) is 3. The normalized spacial score (nSPS) is 10.1. The number of esters is 2. The van der Waals surface area contributed by atoms with E-state index in [1.54, 1.807) is 6.92 Å². The van der Waals surface area contributed by atoms with Crippen molar-refractivity contribution in [1.82, 2.24) is 5.32 Å². The highest BCUT2D eigenvalue weighted by molar-refractivity contribution is 7.18. The molecule has 3 N–H and O–H groups in total. The monoisotopic (exact) mass is 330 g/mol. The van der Waals surface area contributed by atoms with E-state index in [2.05, 4.69) is 10.1 Å². The molecule has 0 saturated heterocycles. The minimum atomic E-state index is -0.663. The van der Waals surface area contributed by atoms with E-state index in [0.717, 1.165) is 11.3 Å². The summed E-state index contributed by atoms with van der Waals surface area (Å²) in [6.45, 7) is 1.31. The van der Waals surface area contributed by atoms with E-state index in [4.69, 9.17) is 15.2 Å². The Morgan fingerprint density at radius 1 is 1.27 bits per heavy atom. The molecule has 0 spiro atoms. The maximum Gasteiger partial charge on any atom is 0.341 e. The van der Waals surface area contributed by atoms with Gasteiger partial charge in [-0.25, -0.2) is 9.59 Å². The quantitative estimate of drug-likeness (QED) is 0.701. The van der Waals surface area contributed by atoms with Gasteiger partial charge in [0.1, 0.15) is 28.7 Å². The zero-order valence-electron chi connectivity index (χ0n) is 12.6. The molecule has 8 nitrogen and oxygen atoms in total. The first-order chi connectivity index (χ1) is 10.5. The number of nitrogens with two attached hydrogens (primary N) is 1. The van der Waals surface area contributed by atoms with Gasteiger partial charge in [0.25, 0.3) is 5.91 Å². The average Bonchev–Trinajstić information content (AvgIpc) is 2.81. The minimum Gasteiger partial charge on any atom is -0.462 e. The predicted molar refractivity (Wildman–Crippen MR) is 79.8 cm³/mol. The number of anilines is 1. The average molecular weight is 330 g/mol. The fourth-order valence-electron chi connectivity index (χ4n) is 1.66. The summed E-state index contributed by atoms with van der Waals surface area (Å²) in [5.41, 5.74) is 6.08. The first-order valence-electron chi connectivity index (χ1n) is 6.41. The maximum absolute atomic E-state index is 12.0. The number of nitrogen functional groups attached to an aromatic ring is 1. The van der Waals surface area contributed by atoms with E-state index in [1.165, 1.54) is 14.2 Å². The van der Waals surface area contributed by atoms with Crippen LogP contribution in [0.1, 0.15) is 32.5 Å². The molecule has 0 aliphatic carbocycles. The molecule has 0 atom stereocenters. The number of rotatable bonds is 7. The van der Waals surface area contributed by atoms with Gasteiger partial charge >= 0.3 is 11.9 Å². The molecular formula is C13H18N2O6S. The zero-order valence-corrected chi connectivity index (χ0v) is 13.4. The molecule has 0 aliphatic rings. The van der Waals surface area contributed by atoms with Crippen LogP contribution in [0.4, 0.5) is 5.00 Å². The Kier molecular flexibility index (Phi) is 6.80. The molecule has 22 heavy (non-hydrogen) atoms. The van der Waals surface area contributed by atoms with Crippen LogP contribution in [0.3, 0.4) is 0 Å². The molecule has 0 bridgehead atoms. The Morgan fingerprint density at radius 3 is 2.50 bits per heavy atom. The Balaban J connectivity index is 3.14. The first kappa shape index (κ1) is 17.9. The highest BCUT2D eigenvalue weighted by atomic mass is 32.1. The molecular weight excluding hydrogens is 312 g/mol.